The molecular formula is C8H16N2O6. The van der Waals surface area contributed by atoms with Gasteiger partial charge in [-0.3, -0.25) is 14.4 Å². The van der Waals surface area contributed by atoms with Gasteiger partial charge in [0.25, 0.3) is 0 Å². The van der Waals surface area contributed by atoms with Gasteiger partial charge in [-0.2, -0.15) is 0 Å². The lowest BCUT2D eigenvalue weighted by Crippen LogP contribution is -2.04. The summed E-state index contributed by atoms with van der Waals surface area (Å²) in [6.07, 6.45) is -0.139. The van der Waals surface area contributed by atoms with Crippen LogP contribution in [-0.2, 0) is 14.4 Å². The van der Waals surface area contributed by atoms with Crippen LogP contribution in [0.4, 0.5) is 0 Å². The smallest absolute Gasteiger partial charge is 0.307 e. The molecule has 0 saturated carbocycles. The Balaban J connectivity index is -0.000000845. The summed E-state index contributed by atoms with van der Waals surface area (Å²) in [4.78, 5) is 30.6. The van der Waals surface area contributed by atoms with Crippen molar-refractivity contribution in [2.24, 2.45) is 0 Å². The third-order valence-electron chi connectivity index (χ3n) is 1.32. The Bertz CT molecular complexity index is 268. The Labute approximate surface area is 91.7 Å². The first-order valence-corrected chi connectivity index (χ1v) is 3.75. The number of carboxylic acids is 3. The first-order chi connectivity index (χ1) is 6.41. The molecule has 0 aromatic carbocycles. The predicted molar refractivity (Wildman–Crippen MR) is 54.9 cm³/mol. The molecule has 0 aromatic rings. The normalized spacial score (nSPS) is 8.00. The monoisotopic (exact) mass is 236 g/mol. The topological polar surface area (TPSA) is 182 Å². The van der Waals surface area contributed by atoms with Crippen LogP contribution < -0.4 is 12.3 Å². The van der Waals surface area contributed by atoms with Gasteiger partial charge in [0.15, 0.2) is 0 Å². The van der Waals surface area contributed by atoms with Crippen molar-refractivity contribution in [2.45, 2.75) is 19.3 Å². The standard InChI is InChI=1S/C8H10O6.2H3N/c9-6(10)2-1-5(3-7(11)12)4-8(13)14;;/h1H,2-4H2,(H,9,10)(H,11,12)(H,13,14);2*1H3. The summed E-state index contributed by atoms with van der Waals surface area (Å²) in [7, 11) is 0. The number of hydrogen-bond acceptors (Lipinski definition) is 5. The van der Waals surface area contributed by atoms with Crippen LogP contribution in [0.15, 0.2) is 11.6 Å². The molecule has 16 heavy (non-hydrogen) atoms. The van der Waals surface area contributed by atoms with Crippen LogP contribution in [0.2, 0.25) is 0 Å². The van der Waals surface area contributed by atoms with E-state index in [-0.39, 0.29) is 24.3 Å². The summed E-state index contributed by atoms with van der Waals surface area (Å²) in [6.45, 7) is 0. The quantitative estimate of drug-likeness (QED) is 0.416. The van der Waals surface area contributed by atoms with E-state index >= 15 is 0 Å². The van der Waals surface area contributed by atoms with E-state index in [1.807, 2.05) is 0 Å². The third kappa shape index (κ3) is 12.1. The number of rotatable bonds is 6. The van der Waals surface area contributed by atoms with Crippen molar-refractivity contribution in [1.82, 2.24) is 12.3 Å². The van der Waals surface area contributed by atoms with Crippen LogP contribution in [0.5, 0.6) is 0 Å². The van der Waals surface area contributed by atoms with Crippen molar-refractivity contribution in [3.05, 3.63) is 11.6 Å². The van der Waals surface area contributed by atoms with Crippen LogP contribution in [0.3, 0.4) is 0 Å². The minimum absolute atomic E-state index is 0. The highest BCUT2D eigenvalue weighted by Gasteiger charge is 2.08. The SMILES string of the molecule is N.N.O=C(O)CC=C(CC(=O)O)CC(=O)O. The highest BCUT2D eigenvalue weighted by Crippen LogP contribution is 2.08. The largest absolute Gasteiger partial charge is 0.481 e. The number of carbonyl (C=O) groups is 3. The summed E-state index contributed by atoms with van der Waals surface area (Å²) in [5.41, 5.74) is 0.0902. The fourth-order valence-electron chi connectivity index (χ4n) is 0.827. The van der Waals surface area contributed by atoms with Crippen LogP contribution in [0.1, 0.15) is 19.3 Å². The fourth-order valence-corrected chi connectivity index (χ4v) is 0.827. The molecule has 0 atom stereocenters. The van der Waals surface area contributed by atoms with Crippen molar-refractivity contribution >= 4 is 17.9 Å². The van der Waals surface area contributed by atoms with Gasteiger partial charge in [-0.1, -0.05) is 11.6 Å². The van der Waals surface area contributed by atoms with Gasteiger partial charge in [0.2, 0.25) is 0 Å². The molecule has 0 heterocycles. The fraction of sp³-hybridized carbons (Fsp3) is 0.375. The Hall–Kier alpha value is -1.93. The second-order valence-electron chi connectivity index (χ2n) is 2.60. The summed E-state index contributed by atoms with van der Waals surface area (Å²) < 4.78 is 0. The van der Waals surface area contributed by atoms with Gasteiger partial charge in [0.05, 0.1) is 19.3 Å². The minimum Gasteiger partial charge on any atom is -0.481 e. The van der Waals surface area contributed by atoms with Gasteiger partial charge in [-0.25, -0.2) is 0 Å². The van der Waals surface area contributed by atoms with Gasteiger partial charge in [0, 0.05) is 0 Å². The molecule has 0 bridgehead atoms. The number of carboxylic acid groups (broad SMARTS) is 3. The molecule has 0 fully saturated rings. The van der Waals surface area contributed by atoms with Crippen molar-refractivity contribution in [3.8, 4) is 0 Å². The average Bonchev–Trinajstić information content (AvgIpc) is 1.97. The molecule has 0 aromatic heterocycles. The van der Waals surface area contributed by atoms with Gasteiger partial charge in [-0.15, -0.1) is 0 Å². The molecule has 8 heteroatoms. The molecule has 0 radical (unpaired) electrons. The van der Waals surface area contributed by atoms with Crippen molar-refractivity contribution in [1.29, 1.82) is 0 Å². The van der Waals surface area contributed by atoms with E-state index in [1.54, 1.807) is 0 Å². The second-order valence-corrected chi connectivity index (χ2v) is 2.60. The van der Waals surface area contributed by atoms with Crippen LogP contribution in [0, 0.1) is 0 Å². The molecule has 0 rings (SSSR count). The van der Waals surface area contributed by atoms with Gasteiger partial charge in [-0.05, 0) is 0 Å². The first kappa shape index (κ1) is 19.6. The molecule has 94 valence electrons. The molecule has 8 nitrogen and oxygen atoms in total. The lowest BCUT2D eigenvalue weighted by Gasteiger charge is -1.99. The summed E-state index contributed by atoms with van der Waals surface area (Å²) in [5.74, 6) is -3.48. The van der Waals surface area contributed by atoms with E-state index < -0.39 is 30.7 Å². The number of aliphatic carboxylic acids is 3. The lowest BCUT2D eigenvalue weighted by atomic mass is 10.1. The van der Waals surface area contributed by atoms with Gasteiger partial charge in [0.1, 0.15) is 0 Å². The van der Waals surface area contributed by atoms with E-state index in [9.17, 15) is 14.4 Å². The maximum atomic E-state index is 10.3. The van der Waals surface area contributed by atoms with Crippen molar-refractivity contribution < 1.29 is 29.7 Å². The van der Waals surface area contributed by atoms with E-state index in [1.165, 1.54) is 0 Å². The Morgan fingerprint density at radius 3 is 1.44 bits per heavy atom. The van der Waals surface area contributed by atoms with Crippen LogP contribution >= 0.6 is 0 Å². The van der Waals surface area contributed by atoms with E-state index in [0.29, 0.717) is 0 Å². The highest BCUT2D eigenvalue weighted by molar-refractivity contribution is 5.76. The molecule has 0 unspecified atom stereocenters. The Kier molecular flexibility index (Phi) is 11.8. The molecule has 0 aliphatic rings. The highest BCUT2D eigenvalue weighted by atomic mass is 16.4. The lowest BCUT2D eigenvalue weighted by molar-refractivity contribution is -0.138. The van der Waals surface area contributed by atoms with Crippen LogP contribution in [-0.4, -0.2) is 33.2 Å². The summed E-state index contributed by atoms with van der Waals surface area (Å²) >= 11 is 0. The first-order valence-electron chi connectivity index (χ1n) is 3.75. The molecule has 0 saturated heterocycles. The zero-order chi connectivity index (χ0) is 11.1. The maximum Gasteiger partial charge on any atom is 0.307 e. The predicted octanol–water partition coefficient (Wildman–Crippen LogP) is 0.661. The van der Waals surface area contributed by atoms with Crippen molar-refractivity contribution in [3.63, 3.8) is 0 Å². The van der Waals surface area contributed by atoms with Gasteiger partial charge >= 0.3 is 17.9 Å². The molecule has 0 aliphatic carbocycles. The molecule has 0 amide bonds. The average molecular weight is 236 g/mol. The minimum atomic E-state index is -1.18. The Morgan fingerprint density at radius 2 is 1.19 bits per heavy atom. The van der Waals surface area contributed by atoms with E-state index in [0.717, 1.165) is 6.08 Å². The zero-order valence-corrected chi connectivity index (χ0v) is 8.68. The zero-order valence-electron chi connectivity index (χ0n) is 8.68. The Morgan fingerprint density at radius 1 is 0.812 bits per heavy atom. The molecule has 0 aliphatic heterocycles. The molecule has 9 N–H and O–H groups in total. The van der Waals surface area contributed by atoms with Crippen molar-refractivity contribution in [2.75, 3.05) is 0 Å². The van der Waals surface area contributed by atoms with Gasteiger partial charge < -0.3 is 27.6 Å². The maximum absolute atomic E-state index is 10.3. The van der Waals surface area contributed by atoms with E-state index in [4.69, 9.17) is 15.3 Å². The second kappa shape index (κ2) is 9.62. The summed E-state index contributed by atoms with van der Waals surface area (Å²) in [5, 5.41) is 25.1. The third-order valence-corrected chi connectivity index (χ3v) is 1.32. The van der Waals surface area contributed by atoms with E-state index in [2.05, 4.69) is 0 Å². The molecular weight excluding hydrogens is 220 g/mol. The molecule has 0 spiro atoms. The van der Waals surface area contributed by atoms with Crippen LogP contribution in [0.25, 0.3) is 0 Å². The number of hydrogen-bond donors (Lipinski definition) is 5. The summed E-state index contributed by atoms with van der Waals surface area (Å²) in [6, 6.07) is 0.